The monoisotopic (exact) mass is 512 g/mol. The molecule has 1 saturated carbocycles. The summed E-state index contributed by atoms with van der Waals surface area (Å²) >= 11 is 1.44. The number of rotatable bonds is 10. The highest BCUT2D eigenvalue weighted by Gasteiger charge is 2.32. The van der Waals surface area contributed by atoms with E-state index in [0.717, 1.165) is 26.2 Å². The van der Waals surface area contributed by atoms with Crippen LogP contribution >= 0.6 is 11.3 Å². The van der Waals surface area contributed by atoms with Crippen LogP contribution in [0.1, 0.15) is 42.7 Å². The molecule has 0 spiro atoms. The van der Waals surface area contributed by atoms with Gasteiger partial charge >= 0.3 is 5.97 Å². The summed E-state index contributed by atoms with van der Waals surface area (Å²) < 4.78 is 0.976. The number of aromatic nitrogens is 1. The predicted molar refractivity (Wildman–Crippen MR) is 135 cm³/mol. The van der Waals surface area contributed by atoms with Crippen LogP contribution in [0.25, 0.3) is 10.1 Å². The fourth-order valence-electron chi connectivity index (χ4n) is 4.81. The van der Waals surface area contributed by atoms with Crippen LogP contribution in [0.15, 0.2) is 48.8 Å². The Kier molecular flexibility index (Phi) is 8.11. The molecule has 11 heteroatoms. The molecular formula is C25H28N4O6S. The molecule has 36 heavy (non-hydrogen) atoms. The summed E-state index contributed by atoms with van der Waals surface area (Å²) in [6.45, 7) is 0.123. The Hall–Kier alpha value is -3.57. The van der Waals surface area contributed by atoms with Crippen LogP contribution in [-0.4, -0.2) is 39.7 Å². The first-order valence-corrected chi connectivity index (χ1v) is 12.6. The van der Waals surface area contributed by atoms with Crippen LogP contribution in [0.3, 0.4) is 0 Å². The van der Waals surface area contributed by atoms with Crippen molar-refractivity contribution in [2.75, 3.05) is 11.9 Å². The molecule has 1 fully saturated rings. The van der Waals surface area contributed by atoms with E-state index in [1.807, 2.05) is 36.4 Å². The van der Waals surface area contributed by atoms with E-state index in [0.29, 0.717) is 32.1 Å². The number of pyridine rings is 1. The van der Waals surface area contributed by atoms with Gasteiger partial charge in [-0.2, -0.15) is 0 Å². The fraction of sp³-hybridized carbons (Fsp3) is 0.400. The van der Waals surface area contributed by atoms with Crippen LogP contribution in [0.5, 0.6) is 0 Å². The van der Waals surface area contributed by atoms with Crippen molar-refractivity contribution in [2.45, 2.75) is 44.1 Å². The molecule has 0 saturated heterocycles. The maximum Gasteiger partial charge on any atom is 0.306 e. The van der Waals surface area contributed by atoms with Crippen LogP contribution in [0.2, 0.25) is 0 Å². The number of carbonyl (C=O) groups excluding carboxylic acids is 1. The highest BCUT2D eigenvalue weighted by atomic mass is 32.1. The van der Waals surface area contributed by atoms with E-state index in [1.54, 1.807) is 12.4 Å². The zero-order valence-corrected chi connectivity index (χ0v) is 20.4. The number of fused-ring (bicyclic) bond motifs is 1. The fourth-order valence-corrected chi connectivity index (χ4v) is 5.74. The van der Waals surface area contributed by atoms with Gasteiger partial charge in [-0.25, -0.2) is 0 Å². The third kappa shape index (κ3) is 6.16. The second-order valence-corrected chi connectivity index (χ2v) is 10.1. The summed E-state index contributed by atoms with van der Waals surface area (Å²) in [6.07, 6.45) is 5.22. The van der Waals surface area contributed by atoms with Crippen molar-refractivity contribution in [2.24, 2.45) is 17.6 Å². The van der Waals surface area contributed by atoms with Crippen molar-refractivity contribution in [3.63, 3.8) is 0 Å². The number of thiophene rings is 1. The van der Waals surface area contributed by atoms with Crippen LogP contribution in [-0.2, 0) is 20.8 Å². The zero-order valence-electron chi connectivity index (χ0n) is 19.5. The van der Waals surface area contributed by atoms with Crippen molar-refractivity contribution in [3.05, 3.63) is 70.0 Å². The van der Waals surface area contributed by atoms with E-state index in [9.17, 15) is 24.8 Å². The molecule has 1 amide bonds. The summed E-state index contributed by atoms with van der Waals surface area (Å²) in [6, 6.07) is 11.1. The third-order valence-corrected chi connectivity index (χ3v) is 7.81. The Labute approximate surface area is 211 Å². The summed E-state index contributed by atoms with van der Waals surface area (Å²) in [5.74, 6) is -2.09. The standard InChI is InChI=1S/C25H28N4O6S/c26-13-20(24(30)28-23-12-19-9-10-27-14-22(19)36-23)16-3-1-15(2-4-16)11-21(35-29(33)34)17-5-7-18(8-6-17)25(31)32/h1-4,9-10,12,14,17-18,20-21H,5-8,11,13,26H2,(H,28,30)(H,31,32)/t17?,18?,20-,21?/m1/s1. The number of benzene rings is 1. The molecule has 190 valence electrons. The first-order chi connectivity index (χ1) is 17.3. The Morgan fingerprint density at radius 3 is 2.56 bits per heavy atom. The Balaban J connectivity index is 1.41. The molecule has 4 rings (SSSR count). The number of nitrogens with zero attached hydrogens (tertiary/aromatic N) is 2. The van der Waals surface area contributed by atoms with Gasteiger partial charge < -0.3 is 21.0 Å². The molecule has 2 atom stereocenters. The number of hydrogen-bond acceptors (Lipinski definition) is 8. The maximum absolute atomic E-state index is 12.9. The highest BCUT2D eigenvalue weighted by Crippen LogP contribution is 2.34. The molecule has 2 aromatic heterocycles. The molecule has 3 aromatic rings. The minimum Gasteiger partial charge on any atom is -0.481 e. The maximum atomic E-state index is 12.9. The molecule has 0 radical (unpaired) electrons. The lowest BCUT2D eigenvalue weighted by Crippen LogP contribution is -2.33. The van der Waals surface area contributed by atoms with E-state index in [2.05, 4.69) is 10.3 Å². The Morgan fingerprint density at radius 1 is 1.22 bits per heavy atom. The van der Waals surface area contributed by atoms with E-state index in [1.165, 1.54) is 11.3 Å². The third-order valence-electron chi connectivity index (χ3n) is 6.81. The van der Waals surface area contributed by atoms with Gasteiger partial charge in [0.05, 0.1) is 21.5 Å². The Morgan fingerprint density at radius 2 is 1.94 bits per heavy atom. The summed E-state index contributed by atoms with van der Waals surface area (Å²) in [7, 11) is 0. The molecule has 4 N–H and O–H groups in total. The quantitative estimate of drug-likeness (QED) is 0.272. The van der Waals surface area contributed by atoms with Crippen molar-refractivity contribution in [1.29, 1.82) is 0 Å². The van der Waals surface area contributed by atoms with Gasteiger partial charge in [0.15, 0.2) is 0 Å². The average Bonchev–Trinajstić information content (AvgIpc) is 3.27. The number of carbonyl (C=O) groups is 2. The summed E-state index contributed by atoms with van der Waals surface area (Å²) in [5.41, 5.74) is 7.51. The summed E-state index contributed by atoms with van der Waals surface area (Å²) in [4.78, 5) is 44.4. The van der Waals surface area contributed by atoms with Gasteiger partial charge in [-0.3, -0.25) is 14.6 Å². The molecule has 1 unspecified atom stereocenters. The van der Waals surface area contributed by atoms with E-state index >= 15 is 0 Å². The highest BCUT2D eigenvalue weighted by molar-refractivity contribution is 7.22. The van der Waals surface area contributed by atoms with Crippen LogP contribution in [0, 0.1) is 22.0 Å². The van der Waals surface area contributed by atoms with Crippen molar-refractivity contribution in [3.8, 4) is 0 Å². The van der Waals surface area contributed by atoms with Gasteiger partial charge in [-0.05, 0) is 66.7 Å². The smallest absolute Gasteiger partial charge is 0.306 e. The predicted octanol–water partition coefficient (Wildman–Crippen LogP) is 3.99. The molecule has 0 bridgehead atoms. The lowest BCUT2D eigenvalue weighted by Gasteiger charge is -2.31. The largest absolute Gasteiger partial charge is 0.481 e. The van der Waals surface area contributed by atoms with Crippen molar-refractivity contribution in [1.82, 2.24) is 4.98 Å². The van der Waals surface area contributed by atoms with Crippen molar-refractivity contribution >= 4 is 38.3 Å². The average molecular weight is 513 g/mol. The number of anilines is 1. The number of nitrogens with two attached hydrogens (primary N) is 1. The minimum atomic E-state index is -0.821. The second kappa shape index (κ2) is 11.4. The van der Waals surface area contributed by atoms with Gasteiger partial charge in [0.25, 0.3) is 5.09 Å². The minimum absolute atomic E-state index is 0.0928. The van der Waals surface area contributed by atoms with Gasteiger partial charge in [-0.15, -0.1) is 21.5 Å². The first kappa shape index (κ1) is 25.5. The first-order valence-electron chi connectivity index (χ1n) is 11.8. The normalized spacial score (nSPS) is 19.4. The molecule has 10 nitrogen and oxygen atoms in total. The topological polar surface area (TPSA) is 158 Å². The van der Waals surface area contributed by atoms with Gasteiger partial charge in [0, 0.05) is 18.9 Å². The molecule has 0 aliphatic heterocycles. The lowest BCUT2D eigenvalue weighted by molar-refractivity contribution is -0.770. The van der Waals surface area contributed by atoms with E-state index in [-0.39, 0.29) is 18.4 Å². The van der Waals surface area contributed by atoms with Crippen LogP contribution < -0.4 is 11.1 Å². The molecule has 2 heterocycles. The lowest BCUT2D eigenvalue weighted by atomic mass is 9.78. The number of carboxylic acid groups (broad SMARTS) is 1. The van der Waals surface area contributed by atoms with Gasteiger partial charge in [-0.1, -0.05) is 24.3 Å². The van der Waals surface area contributed by atoms with Gasteiger partial charge in [0.2, 0.25) is 5.91 Å². The number of aliphatic carboxylic acids is 1. The second-order valence-electron chi connectivity index (χ2n) is 9.06. The van der Waals surface area contributed by atoms with E-state index < -0.39 is 29.0 Å². The number of hydrogen-bond donors (Lipinski definition) is 3. The SMILES string of the molecule is NC[C@@H](C(=O)Nc1cc2ccncc2s1)c1ccc(CC(O[N+](=O)[O-])C2CCC(C(=O)O)CC2)cc1. The molecule has 1 aromatic carbocycles. The van der Waals surface area contributed by atoms with Crippen molar-refractivity contribution < 1.29 is 24.6 Å². The van der Waals surface area contributed by atoms with Gasteiger partial charge in [0.1, 0.15) is 6.10 Å². The van der Waals surface area contributed by atoms with Crippen LogP contribution in [0.4, 0.5) is 5.00 Å². The number of carboxylic acids is 1. The summed E-state index contributed by atoms with van der Waals surface area (Å²) in [5, 5.41) is 24.2. The zero-order chi connectivity index (χ0) is 25.7. The Bertz CT molecular complexity index is 1190. The van der Waals surface area contributed by atoms with E-state index in [4.69, 9.17) is 10.6 Å². The number of nitrogens with one attached hydrogen (secondary N) is 1. The molecule has 1 aliphatic carbocycles. The number of amides is 1. The molecular weight excluding hydrogens is 484 g/mol. The molecule has 1 aliphatic rings.